The van der Waals surface area contributed by atoms with Gasteiger partial charge in [0.05, 0.1) is 13.2 Å². The Morgan fingerprint density at radius 1 is 1.31 bits per heavy atom. The molecule has 0 atom stereocenters. The predicted octanol–water partition coefficient (Wildman–Crippen LogP) is 2.05. The molecule has 16 heavy (non-hydrogen) atoms. The summed E-state index contributed by atoms with van der Waals surface area (Å²) in [4.78, 5) is 0. The van der Waals surface area contributed by atoms with Crippen LogP contribution in [0.5, 0.6) is 0 Å². The van der Waals surface area contributed by atoms with Crippen LogP contribution < -0.4 is 0 Å². The average Bonchev–Trinajstić information content (AvgIpc) is 2.58. The number of ether oxygens (including phenoxy) is 2. The van der Waals surface area contributed by atoms with E-state index in [0.29, 0.717) is 13.2 Å². The second kappa shape index (κ2) is 3.34. The summed E-state index contributed by atoms with van der Waals surface area (Å²) in [5.74, 6) is 0. The van der Waals surface area contributed by atoms with Crippen molar-refractivity contribution in [1.82, 2.24) is 4.57 Å². The van der Waals surface area contributed by atoms with Crippen molar-refractivity contribution in [2.75, 3.05) is 20.3 Å². The summed E-state index contributed by atoms with van der Waals surface area (Å²) in [6, 6.07) is 8.39. The van der Waals surface area contributed by atoms with Gasteiger partial charge in [-0.05, 0) is 6.07 Å². The van der Waals surface area contributed by atoms with Crippen molar-refractivity contribution in [2.45, 2.75) is 5.60 Å². The van der Waals surface area contributed by atoms with E-state index in [4.69, 9.17) is 9.47 Å². The van der Waals surface area contributed by atoms with E-state index >= 15 is 0 Å². The van der Waals surface area contributed by atoms with Gasteiger partial charge in [-0.3, -0.25) is 0 Å². The molecule has 0 bridgehead atoms. The predicted molar refractivity (Wildman–Crippen MR) is 62.4 cm³/mol. The maximum atomic E-state index is 5.64. The van der Waals surface area contributed by atoms with Crippen LogP contribution in [0, 0.1) is 0 Å². The molecule has 0 saturated carbocycles. The first-order valence-corrected chi connectivity index (χ1v) is 5.44. The summed E-state index contributed by atoms with van der Waals surface area (Å²) in [5.41, 5.74) is 2.24. The van der Waals surface area contributed by atoms with Gasteiger partial charge < -0.3 is 14.0 Å². The Bertz CT molecular complexity index is 520. The van der Waals surface area contributed by atoms with Crippen LogP contribution in [-0.4, -0.2) is 24.9 Å². The van der Waals surface area contributed by atoms with Crippen molar-refractivity contribution in [3.63, 3.8) is 0 Å². The number of aromatic nitrogens is 1. The van der Waals surface area contributed by atoms with Crippen LogP contribution in [0.15, 0.2) is 30.5 Å². The smallest absolute Gasteiger partial charge is 0.141 e. The third-order valence-electron chi connectivity index (χ3n) is 3.45. The number of hydrogen-bond acceptors (Lipinski definition) is 2. The first-order chi connectivity index (χ1) is 7.77. The van der Waals surface area contributed by atoms with Crippen LogP contribution in [0.3, 0.4) is 0 Å². The van der Waals surface area contributed by atoms with E-state index in [1.54, 1.807) is 7.11 Å². The molecule has 1 aliphatic heterocycles. The van der Waals surface area contributed by atoms with Gasteiger partial charge in [0, 0.05) is 36.8 Å². The number of hydrogen-bond donors (Lipinski definition) is 0. The van der Waals surface area contributed by atoms with Crippen LogP contribution in [0.2, 0.25) is 0 Å². The first-order valence-electron chi connectivity index (χ1n) is 5.44. The second-order valence-electron chi connectivity index (χ2n) is 4.36. The Labute approximate surface area is 94.6 Å². The molecule has 2 aromatic rings. The number of nitrogens with zero attached hydrogens (tertiary/aromatic N) is 1. The van der Waals surface area contributed by atoms with E-state index in [1.165, 1.54) is 16.5 Å². The Kier molecular flexibility index (Phi) is 2.06. The average molecular weight is 217 g/mol. The number of rotatable bonds is 2. The molecule has 84 valence electrons. The zero-order valence-electron chi connectivity index (χ0n) is 9.56. The topological polar surface area (TPSA) is 23.4 Å². The Morgan fingerprint density at radius 2 is 2.06 bits per heavy atom. The van der Waals surface area contributed by atoms with Gasteiger partial charge in [-0.15, -0.1) is 0 Å². The van der Waals surface area contributed by atoms with Crippen molar-refractivity contribution in [3.8, 4) is 0 Å². The fourth-order valence-electron chi connectivity index (χ4n) is 2.38. The molecule has 1 fully saturated rings. The van der Waals surface area contributed by atoms with Crippen molar-refractivity contribution >= 4 is 10.9 Å². The fourth-order valence-corrected chi connectivity index (χ4v) is 2.38. The van der Waals surface area contributed by atoms with E-state index in [0.717, 1.165) is 0 Å². The molecule has 0 radical (unpaired) electrons. The summed E-state index contributed by atoms with van der Waals surface area (Å²) in [6.07, 6.45) is 2.15. The van der Waals surface area contributed by atoms with Gasteiger partial charge in [0.15, 0.2) is 0 Å². The first kappa shape index (κ1) is 9.87. The molecule has 1 aromatic heterocycles. The lowest BCUT2D eigenvalue weighted by atomic mass is 9.91. The summed E-state index contributed by atoms with van der Waals surface area (Å²) >= 11 is 0. The molecule has 0 spiro atoms. The molecule has 1 aliphatic rings. The van der Waals surface area contributed by atoms with Gasteiger partial charge in [-0.25, -0.2) is 0 Å². The normalized spacial score (nSPS) is 18.6. The molecule has 0 unspecified atom stereocenters. The van der Waals surface area contributed by atoms with Crippen LogP contribution in [0.4, 0.5) is 0 Å². The van der Waals surface area contributed by atoms with Crippen molar-refractivity contribution in [2.24, 2.45) is 7.05 Å². The van der Waals surface area contributed by atoms with Gasteiger partial charge in [0.1, 0.15) is 5.60 Å². The zero-order valence-corrected chi connectivity index (χ0v) is 9.56. The highest BCUT2D eigenvalue weighted by Gasteiger charge is 2.42. The fraction of sp³-hybridized carbons (Fsp3) is 0.385. The molecule has 0 N–H and O–H groups in total. The molecule has 3 nitrogen and oxygen atoms in total. The largest absolute Gasteiger partial charge is 0.375 e. The van der Waals surface area contributed by atoms with Crippen LogP contribution >= 0.6 is 0 Å². The monoisotopic (exact) mass is 217 g/mol. The van der Waals surface area contributed by atoms with Crippen molar-refractivity contribution in [3.05, 3.63) is 36.0 Å². The molecular weight excluding hydrogens is 202 g/mol. The third kappa shape index (κ3) is 1.16. The quantitative estimate of drug-likeness (QED) is 0.768. The lowest BCUT2D eigenvalue weighted by molar-refractivity contribution is -0.201. The van der Waals surface area contributed by atoms with Gasteiger partial charge in [0.2, 0.25) is 0 Å². The minimum Gasteiger partial charge on any atom is -0.375 e. The van der Waals surface area contributed by atoms with Gasteiger partial charge in [-0.2, -0.15) is 0 Å². The Hall–Kier alpha value is -1.32. The minimum absolute atomic E-state index is 0.235. The van der Waals surface area contributed by atoms with Crippen molar-refractivity contribution < 1.29 is 9.47 Å². The van der Waals surface area contributed by atoms with Gasteiger partial charge in [0.25, 0.3) is 0 Å². The standard InChI is InChI=1S/C13H15NO2/c1-14-7-11(13(15-2)8-16-9-13)10-5-3-4-6-12(10)14/h3-7H,8-9H2,1-2H3. The molecule has 3 heteroatoms. The summed E-state index contributed by atoms with van der Waals surface area (Å²) in [5, 5.41) is 1.26. The van der Waals surface area contributed by atoms with E-state index in [9.17, 15) is 0 Å². The Balaban J connectivity index is 2.24. The van der Waals surface area contributed by atoms with Crippen LogP contribution in [-0.2, 0) is 22.1 Å². The highest BCUT2D eigenvalue weighted by atomic mass is 16.6. The molecule has 0 amide bonds. The summed E-state index contributed by atoms with van der Waals surface area (Å²) < 4.78 is 13.1. The second-order valence-corrected chi connectivity index (χ2v) is 4.36. The molecule has 0 aliphatic carbocycles. The van der Waals surface area contributed by atoms with Crippen LogP contribution in [0.1, 0.15) is 5.56 Å². The van der Waals surface area contributed by atoms with E-state index in [1.807, 2.05) is 0 Å². The number of aryl methyl sites for hydroxylation is 1. The highest BCUT2D eigenvalue weighted by molar-refractivity contribution is 5.85. The summed E-state index contributed by atoms with van der Waals surface area (Å²) in [6.45, 7) is 1.30. The van der Waals surface area contributed by atoms with Gasteiger partial charge >= 0.3 is 0 Å². The third-order valence-corrected chi connectivity index (χ3v) is 3.45. The van der Waals surface area contributed by atoms with Crippen molar-refractivity contribution in [1.29, 1.82) is 0 Å². The minimum atomic E-state index is -0.235. The lowest BCUT2D eigenvalue weighted by Gasteiger charge is -2.39. The number of fused-ring (bicyclic) bond motifs is 1. The van der Waals surface area contributed by atoms with E-state index in [2.05, 4.69) is 42.1 Å². The molecule has 2 heterocycles. The summed E-state index contributed by atoms with van der Waals surface area (Å²) in [7, 11) is 3.82. The van der Waals surface area contributed by atoms with Gasteiger partial charge in [-0.1, -0.05) is 18.2 Å². The maximum Gasteiger partial charge on any atom is 0.141 e. The maximum absolute atomic E-state index is 5.64. The van der Waals surface area contributed by atoms with Crippen LogP contribution in [0.25, 0.3) is 10.9 Å². The number of para-hydroxylation sites is 1. The number of benzene rings is 1. The highest BCUT2D eigenvalue weighted by Crippen LogP contribution is 2.37. The lowest BCUT2D eigenvalue weighted by Crippen LogP contribution is -2.48. The number of methoxy groups -OCH3 is 1. The molecule has 1 saturated heterocycles. The molecule has 3 rings (SSSR count). The van der Waals surface area contributed by atoms with E-state index < -0.39 is 0 Å². The SMILES string of the molecule is COC1(c2cn(C)c3ccccc23)COC1. The molecular formula is C13H15NO2. The molecule has 1 aromatic carbocycles. The Morgan fingerprint density at radius 3 is 2.69 bits per heavy atom. The zero-order chi connectivity index (χ0) is 11.2. The van der Waals surface area contributed by atoms with E-state index in [-0.39, 0.29) is 5.60 Å².